The third kappa shape index (κ3) is 59.5. The first kappa shape index (κ1) is 105. The molecule has 0 saturated heterocycles. The Hall–Kier alpha value is -6.69. The van der Waals surface area contributed by atoms with Crippen LogP contribution in [0.25, 0.3) is 0 Å². The summed E-state index contributed by atoms with van der Waals surface area (Å²) in [5, 5.41) is 22.0. The Morgan fingerprint density at radius 1 is 0.505 bits per heavy atom. The molecule has 23 nitrogen and oxygen atoms in total. The fourth-order valence-corrected chi connectivity index (χ4v) is 8.74. The van der Waals surface area contributed by atoms with Crippen LogP contribution in [0.5, 0.6) is 0 Å². The van der Waals surface area contributed by atoms with Crippen LogP contribution in [0.15, 0.2) is 73.1 Å². The number of benzene rings is 2. The standard InChI is InChI=1S/C23H36N2O4.C21H32N2O5.C14H27NO3.C9H19NO.C5H10N2.CH4O.BF3.FH.H3N/c1-7-13-24-19(14-16(2)3)21(27)25-18(15-17-11-9-8-10-12-17)20(26)22(28)29-23(4,5)6;1-14(2)12-17(23-27-6)19(25)22-16(13-15-10-8-7-9-11-15)18(24)20(26)28-21(3,4)5;1-7-8-15-11(9-10(2)3)12(16)13(17)18-14(4,5)6;1-4-5-10-9(7-11)6-8(2)3;1-6-3-4-7(2)5-6;1-2;2-1(3)4;;/h8-12,16,18-19,24H,7,13-15H2,1-6H3,(H,25,27);7-11,14,16-17,23H,12-13H2,1-6H3,(H,22,25);10-11,15H,7-9H2,1-6H3;7-10H,4-6H2,1-3H3;3-4H,5H2,1-2H3;2H,1H3;;1H;1H3/p-1/t18-,19-;16-,17?;11-;9-;;;;;/m0000...../s1. The highest BCUT2D eigenvalue weighted by Gasteiger charge is 2.35. The molecule has 0 radical (unpaired) electrons. The van der Waals surface area contributed by atoms with E-state index in [1.165, 1.54) is 7.11 Å². The maximum absolute atomic E-state index is 12.9. The Bertz CT molecular complexity index is 2570. The van der Waals surface area contributed by atoms with Crippen LogP contribution >= 0.6 is 0 Å². The van der Waals surface area contributed by atoms with E-state index in [2.05, 4.69) is 89.1 Å². The first-order valence-corrected chi connectivity index (χ1v) is 34.4. The minimum Gasteiger partial charge on any atom is -1.00 e. The van der Waals surface area contributed by atoms with E-state index in [1.807, 2.05) is 116 Å². The lowest BCUT2D eigenvalue weighted by Gasteiger charge is -2.25. The van der Waals surface area contributed by atoms with Gasteiger partial charge in [-0.05, 0) is 162 Å². The zero-order valence-corrected chi connectivity index (χ0v) is 65.4. The molecule has 3 rings (SSSR count). The highest BCUT2D eigenvalue weighted by molar-refractivity contribution is 6.37. The first-order chi connectivity index (χ1) is 46.0. The number of aliphatic hydroxyl groups excluding tert-OH is 1. The molecule has 10 N–H and O–H groups in total. The number of hydrogen-bond donors (Lipinski definition) is 8. The van der Waals surface area contributed by atoms with Crippen LogP contribution in [-0.4, -0.2) is 183 Å². The van der Waals surface area contributed by atoms with E-state index in [1.54, 1.807) is 62.3 Å². The number of carbonyl (C=O) groups excluding carboxylic acids is 9. The molecule has 28 heteroatoms. The second-order valence-electron chi connectivity index (χ2n) is 28.4. The number of carbonyl (C=O) groups is 9. The number of nitrogens with zero attached hydrogens (tertiary/aromatic N) is 2. The molecule has 2 aromatic carbocycles. The molecule has 0 fully saturated rings. The number of esters is 3. The topological polar surface area (TPSA) is 324 Å². The number of hydrogen-bond acceptors (Lipinski definition) is 21. The number of amides is 2. The van der Waals surface area contributed by atoms with Gasteiger partial charge in [-0.2, -0.15) is 5.48 Å². The summed E-state index contributed by atoms with van der Waals surface area (Å²) in [5.74, 6) is -3.82. The smallest absolute Gasteiger partial charge is 0.762 e. The zero-order chi connectivity index (χ0) is 77.2. The number of Topliss-reactive ketones (excluding diaryl/α,β-unsaturated/α-hetero) is 3. The van der Waals surface area contributed by atoms with E-state index in [9.17, 15) is 56.1 Å². The Balaban J connectivity index is -0.000000289. The minimum absolute atomic E-state index is 0. The molecule has 0 spiro atoms. The lowest BCUT2D eigenvalue weighted by Crippen LogP contribution is -3.00. The SMILES string of the molecule is CCCN[C@@H](CC(C)C)C(=O)C(=O)OC(C)(C)C.CCCN[C@@H](CC(C)C)C(=O)N[C@@H](Cc1ccccc1)C(=O)C(=O)OC(C)(C)C.CCCN[C@H](C=O)CC(C)C.CN1C=CN(C)C1.CO.CONC(CC(C)C)C(=O)N[C@@H](Cc1ccccc1)C(=O)C(=O)OC(C)(C)C.FB(F)F.N.[F-]. The predicted molar refractivity (Wildman–Crippen MR) is 393 cm³/mol. The van der Waals surface area contributed by atoms with E-state index < -0.39 is 95.7 Å². The Morgan fingerprint density at radius 3 is 1.07 bits per heavy atom. The molecule has 2 aromatic rings. The van der Waals surface area contributed by atoms with Crippen LogP contribution in [-0.2, 0) is 75.0 Å². The molecule has 1 unspecified atom stereocenters. The van der Waals surface area contributed by atoms with Gasteiger partial charge in [-0.1, -0.05) is 137 Å². The number of aliphatic hydroxyl groups is 1. The van der Waals surface area contributed by atoms with Crippen molar-refractivity contribution in [1.82, 2.24) is 48.0 Å². The first-order valence-electron chi connectivity index (χ1n) is 34.4. The van der Waals surface area contributed by atoms with Crippen molar-refractivity contribution in [1.29, 1.82) is 0 Å². The van der Waals surface area contributed by atoms with Gasteiger partial charge in [0.05, 0.1) is 31.9 Å². The zero-order valence-electron chi connectivity index (χ0n) is 65.4. The lowest BCUT2D eigenvalue weighted by molar-refractivity contribution is -0.163. The summed E-state index contributed by atoms with van der Waals surface area (Å²) in [7, 11) is 2.87. The van der Waals surface area contributed by atoms with Crippen molar-refractivity contribution in [3.05, 3.63) is 84.2 Å². The van der Waals surface area contributed by atoms with Crippen molar-refractivity contribution in [2.24, 2.45) is 23.7 Å². The summed E-state index contributed by atoms with van der Waals surface area (Å²) in [6.07, 6.45) is 11.2. The molecule has 6 atom stereocenters. The molecular weight excluding hydrogens is 1310 g/mol. The fourth-order valence-electron chi connectivity index (χ4n) is 8.74. The summed E-state index contributed by atoms with van der Waals surface area (Å²) < 4.78 is 44.5. The number of hydroxylamine groups is 1. The van der Waals surface area contributed by atoms with Gasteiger partial charge in [0.25, 0.3) is 17.3 Å². The van der Waals surface area contributed by atoms with Crippen molar-refractivity contribution in [2.45, 2.75) is 249 Å². The number of rotatable bonds is 34. The Kier molecular flexibility index (Phi) is 61.3. The molecule has 2 amide bonds. The number of nitrogens with one attached hydrogen (secondary N) is 6. The summed E-state index contributed by atoms with van der Waals surface area (Å²) in [5.41, 5.74) is 2.13. The Labute approximate surface area is 603 Å². The van der Waals surface area contributed by atoms with E-state index >= 15 is 0 Å². The molecule has 0 aromatic heterocycles. The van der Waals surface area contributed by atoms with Crippen molar-refractivity contribution in [3.63, 3.8) is 0 Å². The second-order valence-corrected chi connectivity index (χ2v) is 28.4. The van der Waals surface area contributed by atoms with Gasteiger partial charge in [0.1, 0.15) is 41.2 Å². The molecule has 0 bridgehead atoms. The van der Waals surface area contributed by atoms with Gasteiger partial charge in [-0.15, -0.1) is 0 Å². The van der Waals surface area contributed by atoms with Crippen molar-refractivity contribution < 1.29 is 85.0 Å². The van der Waals surface area contributed by atoms with Gasteiger partial charge in [0.2, 0.25) is 11.8 Å². The van der Waals surface area contributed by atoms with Crippen molar-refractivity contribution in [3.8, 4) is 0 Å². The third-order valence-corrected chi connectivity index (χ3v) is 12.8. The molecule has 1 heterocycles. The van der Waals surface area contributed by atoms with Crippen molar-refractivity contribution >= 4 is 60.9 Å². The predicted octanol–water partition coefficient (Wildman–Crippen LogP) is 7.09. The Morgan fingerprint density at radius 2 is 0.792 bits per heavy atom. The summed E-state index contributed by atoms with van der Waals surface area (Å²) in [6, 6.07) is 15.1. The molecule has 0 aliphatic carbocycles. The molecule has 0 saturated carbocycles. The van der Waals surface area contributed by atoms with E-state index in [4.69, 9.17) is 24.2 Å². The molecule has 101 heavy (non-hydrogen) atoms. The number of aldehydes is 1. The van der Waals surface area contributed by atoms with Crippen LogP contribution in [0.4, 0.5) is 12.9 Å². The van der Waals surface area contributed by atoms with E-state index in [-0.39, 0.29) is 41.6 Å². The number of halogens is 4. The monoisotopic (exact) mass is 1440 g/mol. The molecule has 584 valence electrons. The van der Waals surface area contributed by atoms with Crippen molar-refractivity contribution in [2.75, 3.05) is 54.6 Å². The van der Waals surface area contributed by atoms with Gasteiger partial charge >= 0.3 is 25.5 Å². The van der Waals surface area contributed by atoms with Crippen LogP contribution in [0.1, 0.15) is 195 Å². The molecular formula is C73H131BF4N9O14-. The second kappa shape index (κ2) is 58.8. The minimum atomic E-state index is -3.67. The van der Waals surface area contributed by atoms with Crippen LogP contribution in [0, 0.1) is 23.7 Å². The van der Waals surface area contributed by atoms with E-state index in [0.717, 1.165) is 70.0 Å². The number of ketones is 3. The lowest BCUT2D eigenvalue weighted by atomic mass is 9.99. The fraction of sp³-hybridized carbons (Fsp3) is 0.685. The van der Waals surface area contributed by atoms with Gasteiger partial charge in [0.15, 0.2) is 0 Å². The quantitative estimate of drug-likeness (QED) is 0.00659. The van der Waals surface area contributed by atoms with Gasteiger partial charge in [-0.3, -0.25) is 36.9 Å². The maximum Gasteiger partial charge on any atom is 0.762 e. The van der Waals surface area contributed by atoms with Crippen LogP contribution < -0.4 is 42.9 Å². The average molecular weight is 1450 g/mol. The molecule has 1 aliphatic rings. The van der Waals surface area contributed by atoms with Gasteiger partial charge in [-0.25, -0.2) is 14.4 Å². The number of ether oxygens (including phenoxy) is 3. The normalized spacial score (nSPS) is 13.2. The van der Waals surface area contributed by atoms with Crippen LogP contribution in [0.3, 0.4) is 0 Å². The largest absolute Gasteiger partial charge is 1.00 e. The summed E-state index contributed by atoms with van der Waals surface area (Å²) in [6.45, 7) is 41.4. The highest BCUT2D eigenvalue weighted by atomic mass is 19.4. The highest BCUT2D eigenvalue weighted by Crippen LogP contribution is 2.16. The third-order valence-electron chi connectivity index (χ3n) is 12.8. The maximum atomic E-state index is 12.9. The van der Waals surface area contributed by atoms with E-state index in [0.29, 0.717) is 43.6 Å². The average Bonchev–Trinajstić information content (AvgIpc) is 1.32. The summed E-state index contributed by atoms with van der Waals surface area (Å²) >= 11 is 0. The molecule has 1 aliphatic heterocycles. The van der Waals surface area contributed by atoms with Gasteiger partial charge < -0.3 is 76.2 Å². The van der Waals surface area contributed by atoms with Gasteiger partial charge in [0, 0.05) is 46.4 Å². The van der Waals surface area contributed by atoms with Crippen LogP contribution in [0.2, 0.25) is 0 Å². The summed E-state index contributed by atoms with van der Waals surface area (Å²) in [4.78, 5) is 119.